The second-order valence-corrected chi connectivity index (χ2v) is 7.83. The molecule has 1 saturated heterocycles. The van der Waals surface area contributed by atoms with Crippen LogP contribution in [0.5, 0.6) is 0 Å². The Hall–Kier alpha value is -3.95. The first-order chi connectivity index (χ1) is 17.2. The molecule has 35 heavy (non-hydrogen) atoms. The molecule has 1 saturated carbocycles. The van der Waals surface area contributed by atoms with E-state index in [-0.39, 0.29) is 12.2 Å². The summed E-state index contributed by atoms with van der Waals surface area (Å²) in [7, 11) is 0. The molecular formula is C25H33FN8O. The van der Waals surface area contributed by atoms with Crippen LogP contribution < -0.4 is 16.0 Å². The number of nitrogens with one attached hydrogen (secondary N) is 2. The molecule has 3 aromatic heterocycles. The van der Waals surface area contributed by atoms with Gasteiger partial charge in [0.25, 0.3) is 0 Å². The molecule has 0 atom stereocenters. The van der Waals surface area contributed by atoms with Gasteiger partial charge < -0.3 is 16.0 Å². The van der Waals surface area contributed by atoms with E-state index >= 15 is 0 Å². The van der Waals surface area contributed by atoms with Crippen molar-refractivity contribution < 1.29 is 9.18 Å². The summed E-state index contributed by atoms with van der Waals surface area (Å²) in [5.41, 5.74) is 6.34. The highest BCUT2D eigenvalue weighted by atomic mass is 19.1. The van der Waals surface area contributed by atoms with Crippen LogP contribution in [0.4, 0.5) is 22.0 Å². The fourth-order valence-electron chi connectivity index (χ4n) is 3.61. The van der Waals surface area contributed by atoms with Crippen LogP contribution in [0.2, 0.25) is 0 Å². The Labute approximate surface area is 204 Å². The van der Waals surface area contributed by atoms with Crippen LogP contribution >= 0.6 is 0 Å². The van der Waals surface area contributed by atoms with Crippen LogP contribution in [0.25, 0.3) is 5.52 Å². The van der Waals surface area contributed by atoms with E-state index in [0.29, 0.717) is 5.92 Å². The number of rotatable bonds is 4. The molecule has 2 fully saturated rings. The molecule has 0 spiro atoms. The zero-order valence-electron chi connectivity index (χ0n) is 20.2. The van der Waals surface area contributed by atoms with E-state index in [0.717, 1.165) is 36.2 Å². The molecule has 1 aromatic carbocycles. The molecule has 1 aliphatic carbocycles. The Bertz CT molecular complexity index is 1170. The number of halogens is 1. The molecule has 2 aliphatic rings. The third-order valence-electron chi connectivity index (χ3n) is 5.36. The molecule has 4 aromatic rings. The van der Waals surface area contributed by atoms with Gasteiger partial charge in [-0.25, -0.2) is 8.91 Å². The highest BCUT2D eigenvalue weighted by Gasteiger charge is 2.25. The number of H-pyrrole nitrogens is 1. The Morgan fingerprint density at radius 1 is 1.11 bits per heavy atom. The summed E-state index contributed by atoms with van der Waals surface area (Å²) >= 11 is 0. The fraction of sp³-hybridized carbons (Fsp3) is 0.360. The summed E-state index contributed by atoms with van der Waals surface area (Å²) in [5.74, 6) is 2.90. The van der Waals surface area contributed by atoms with Gasteiger partial charge in [-0.15, -0.1) is 5.10 Å². The van der Waals surface area contributed by atoms with E-state index in [1.54, 1.807) is 18.2 Å². The van der Waals surface area contributed by atoms with E-state index < -0.39 is 0 Å². The van der Waals surface area contributed by atoms with Crippen molar-refractivity contribution in [1.82, 2.24) is 24.8 Å². The first-order valence-electron chi connectivity index (χ1n) is 12.0. The minimum atomic E-state index is -0.178. The molecule has 1 amide bonds. The van der Waals surface area contributed by atoms with Gasteiger partial charge in [-0.05, 0) is 49.9 Å². The molecule has 0 bridgehead atoms. The van der Waals surface area contributed by atoms with Crippen molar-refractivity contribution in [3.05, 3.63) is 66.2 Å². The predicted octanol–water partition coefficient (Wildman–Crippen LogP) is 4.63. The van der Waals surface area contributed by atoms with Crippen molar-refractivity contribution in [3.8, 4) is 0 Å². The van der Waals surface area contributed by atoms with E-state index in [1.165, 1.54) is 43.5 Å². The quantitative estimate of drug-likeness (QED) is 0.367. The van der Waals surface area contributed by atoms with Gasteiger partial charge in [-0.3, -0.25) is 9.89 Å². The molecule has 0 unspecified atom stereocenters. The molecule has 186 valence electrons. The van der Waals surface area contributed by atoms with Gasteiger partial charge in [0.2, 0.25) is 12.4 Å². The molecule has 9 nitrogen and oxygen atoms in total. The molecule has 4 heterocycles. The van der Waals surface area contributed by atoms with Crippen molar-refractivity contribution in [2.24, 2.45) is 5.73 Å². The molecule has 10 heteroatoms. The van der Waals surface area contributed by atoms with Crippen molar-refractivity contribution >= 4 is 29.5 Å². The van der Waals surface area contributed by atoms with E-state index in [4.69, 9.17) is 9.78 Å². The standard InChI is InChI=1S/C16H19N7.C6H5F.C2H6.CH3NO/c1-2-8-22(7-1)16-18-15(13-4-3-9-23(13)21-16)17-14-10-12(19-20-14)11-5-6-11;7-6-4-2-1-3-5-6;1-2;2-1-3/h3-4,9-11H,1-2,5-8H2,(H2,17,18,19,20,21);1-5H;1-2H3;1H,(H2,2,3). The lowest BCUT2D eigenvalue weighted by molar-refractivity contribution is -0.106. The molecule has 1 aliphatic heterocycles. The summed E-state index contributed by atoms with van der Waals surface area (Å²) in [6.07, 6.45) is 7.15. The lowest BCUT2D eigenvalue weighted by Gasteiger charge is -2.16. The number of carbonyl (C=O) groups excluding carboxylic acids is 1. The number of amides is 1. The normalized spacial score (nSPS) is 14.1. The van der Waals surface area contributed by atoms with Gasteiger partial charge in [0, 0.05) is 37.0 Å². The Kier molecular flexibility index (Phi) is 9.58. The number of carbonyl (C=O) groups is 1. The molecule has 6 rings (SSSR count). The van der Waals surface area contributed by atoms with Crippen LogP contribution in [0, 0.1) is 5.82 Å². The molecule has 0 radical (unpaired) electrons. The predicted molar refractivity (Wildman–Crippen MR) is 136 cm³/mol. The Morgan fingerprint density at radius 2 is 1.80 bits per heavy atom. The zero-order chi connectivity index (χ0) is 25.0. The van der Waals surface area contributed by atoms with Crippen LogP contribution in [-0.2, 0) is 4.79 Å². The third-order valence-corrected chi connectivity index (χ3v) is 5.36. The average Bonchev–Trinajstić information content (AvgIpc) is 3.26. The van der Waals surface area contributed by atoms with Crippen LogP contribution in [0.15, 0.2) is 54.7 Å². The second kappa shape index (κ2) is 13.1. The number of nitrogens with zero attached hydrogens (tertiary/aromatic N) is 5. The minimum Gasteiger partial charge on any atom is -0.372 e. The van der Waals surface area contributed by atoms with Crippen LogP contribution in [-0.4, -0.2) is 44.3 Å². The lowest BCUT2D eigenvalue weighted by Crippen LogP contribution is -2.22. The van der Waals surface area contributed by atoms with Gasteiger partial charge in [0.05, 0.1) is 0 Å². The number of fused-ring (bicyclic) bond motifs is 1. The number of primary amides is 1. The summed E-state index contributed by atoms with van der Waals surface area (Å²) in [4.78, 5) is 15.6. The number of hydrogen-bond acceptors (Lipinski definition) is 6. The maximum Gasteiger partial charge on any atom is 0.245 e. The van der Waals surface area contributed by atoms with Gasteiger partial charge in [0.1, 0.15) is 11.3 Å². The van der Waals surface area contributed by atoms with Gasteiger partial charge in [-0.1, -0.05) is 32.0 Å². The monoisotopic (exact) mass is 480 g/mol. The highest BCUT2D eigenvalue weighted by Crippen LogP contribution is 2.39. The van der Waals surface area contributed by atoms with Gasteiger partial charge in [0.15, 0.2) is 11.6 Å². The SMILES string of the molecule is CC.Fc1ccccc1.NC=O.c1cc2c(Nc3cc(C4CC4)[nH]n3)nc(N3CCCC3)nn2c1. The lowest BCUT2D eigenvalue weighted by atomic mass is 10.3. The number of hydrogen-bond donors (Lipinski definition) is 3. The van der Waals surface area contributed by atoms with Gasteiger partial charge in [-0.2, -0.15) is 10.1 Å². The first-order valence-corrected chi connectivity index (χ1v) is 12.0. The number of aromatic nitrogens is 5. The average molecular weight is 481 g/mol. The largest absolute Gasteiger partial charge is 0.372 e. The van der Waals surface area contributed by atoms with E-state index in [9.17, 15) is 4.39 Å². The van der Waals surface area contributed by atoms with Crippen molar-refractivity contribution in [3.63, 3.8) is 0 Å². The number of benzene rings is 1. The van der Waals surface area contributed by atoms with Gasteiger partial charge >= 0.3 is 0 Å². The summed E-state index contributed by atoms with van der Waals surface area (Å²) in [6, 6.07) is 14.0. The number of nitrogens with two attached hydrogens (primary N) is 1. The molecule has 4 N–H and O–H groups in total. The Morgan fingerprint density at radius 3 is 2.40 bits per heavy atom. The number of aromatic amines is 1. The fourth-order valence-corrected chi connectivity index (χ4v) is 3.61. The third kappa shape index (κ3) is 7.26. The minimum absolute atomic E-state index is 0.178. The maximum atomic E-state index is 11.9. The van der Waals surface area contributed by atoms with Crippen molar-refractivity contribution in [2.45, 2.75) is 45.4 Å². The smallest absolute Gasteiger partial charge is 0.245 e. The Balaban J connectivity index is 0.000000240. The van der Waals surface area contributed by atoms with E-state index in [1.807, 2.05) is 36.7 Å². The second-order valence-electron chi connectivity index (χ2n) is 7.83. The highest BCUT2D eigenvalue weighted by molar-refractivity contribution is 5.73. The van der Waals surface area contributed by atoms with Crippen LogP contribution in [0.1, 0.15) is 51.1 Å². The van der Waals surface area contributed by atoms with Crippen molar-refractivity contribution in [2.75, 3.05) is 23.3 Å². The summed E-state index contributed by atoms with van der Waals surface area (Å²) < 4.78 is 13.8. The number of anilines is 3. The molecular weight excluding hydrogens is 447 g/mol. The first kappa shape index (κ1) is 25.7. The van der Waals surface area contributed by atoms with Crippen LogP contribution in [0.3, 0.4) is 0 Å². The summed E-state index contributed by atoms with van der Waals surface area (Å²) in [6.45, 7) is 6.06. The topological polar surface area (TPSA) is 117 Å². The zero-order valence-corrected chi connectivity index (χ0v) is 20.2. The maximum absolute atomic E-state index is 11.9. The van der Waals surface area contributed by atoms with Crippen molar-refractivity contribution in [1.29, 1.82) is 0 Å². The summed E-state index contributed by atoms with van der Waals surface area (Å²) in [5, 5.41) is 15.5. The van der Waals surface area contributed by atoms with E-state index in [2.05, 4.69) is 37.3 Å².